The average Bonchev–Trinajstić information content (AvgIpc) is 3.48. The predicted octanol–water partition coefficient (Wildman–Crippen LogP) is 2.54. The van der Waals surface area contributed by atoms with E-state index in [1.807, 2.05) is 19.9 Å². The Morgan fingerprint density at radius 3 is 1.76 bits per heavy atom. The average molecular weight is 1130 g/mol. The smallest absolute Gasteiger partial charge is 0.311 e. The molecule has 3 aliphatic heterocycles. The number of anilines is 1. The fourth-order valence-corrected chi connectivity index (χ4v) is 10.2. The molecule has 1 aromatic rings. The van der Waals surface area contributed by atoms with Gasteiger partial charge >= 0.3 is 11.9 Å². The highest BCUT2D eigenvalue weighted by molar-refractivity contribution is 5.96. The minimum atomic E-state index is -2.33. The summed E-state index contributed by atoms with van der Waals surface area (Å²) in [6.45, 7) is 5.25. The zero-order valence-electron chi connectivity index (χ0n) is 46.1. The molecule has 3 aliphatic rings. The summed E-state index contributed by atoms with van der Waals surface area (Å²) >= 11 is 0. The fraction of sp³-hybridized carbons (Fsp3) is 0.610. The Labute approximate surface area is 468 Å². The van der Waals surface area contributed by atoms with Crippen LogP contribution in [-0.4, -0.2) is 190 Å². The van der Waals surface area contributed by atoms with E-state index in [-0.39, 0.29) is 62.6 Å². The van der Waals surface area contributed by atoms with Crippen LogP contribution in [0.25, 0.3) is 0 Å². The van der Waals surface area contributed by atoms with Crippen LogP contribution in [0.4, 0.5) is 5.69 Å². The van der Waals surface area contributed by atoms with Crippen molar-refractivity contribution in [3.63, 3.8) is 0 Å². The van der Waals surface area contributed by atoms with Crippen LogP contribution in [0.2, 0.25) is 0 Å². The van der Waals surface area contributed by atoms with Gasteiger partial charge in [-0.2, -0.15) is 0 Å². The largest absolute Gasteiger partial charge is 0.481 e. The van der Waals surface area contributed by atoms with E-state index in [0.29, 0.717) is 12.0 Å². The quantitative estimate of drug-likeness (QED) is 0.112. The molecule has 0 saturated carbocycles. The van der Waals surface area contributed by atoms with Gasteiger partial charge in [0, 0.05) is 49.9 Å². The predicted molar refractivity (Wildman–Crippen MR) is 296 cm³/mol. The number of ketones is 1. The molecule has 2 bridgehead atoms. The third-order valence-electron chi connectivity index (χ3n) is 14.5. The number of carbonyl (C=O) groups is 3. The van der Waals surface area contributed by atoms with Crippen LogP contribution in [-0.2, 0) is 28.5 Å². The number of aliphatic hydroxyl groups is 11. The van der Waals surface area contributed by atoms with E-state index >= 15 is 0 Å². The van der Waals surface area contributed by atoms with E-state index < -0.39 is 147 Å². The molecule has 1 aromatic carbocycles. The Hall–Kier alpha value is -4.79. The van der Waals surface area contributed by atoms with Gasteiger partial charge in [-0.05, 0) is 82.1 Å². The summed E-state index contributed by atoms with van der Waals surface area (Å²) in [5, 5.41) is 133. The normalized spacial score (nSPS) is 39.0. The number of aliphatic hydroxyl groups excluding tert-OH is 10. The number of fused-ring (bicyclic) bond motifs is 2. The van der Waals surface area contributed by atoms with Crippen molar-refractivity contribution in [2.75, 3.05) is 12.4 Å². The van der Waals surface area contributed by atoms with Crippen molar-refractivity contribution in [3.8, 4) is 0 Å². The van der Waals surface area contributed by atoms with Gasteiger partial charge in [0.2, 0.25) is 0 Å². The number of benzene rings is 1. The van der Waals surface area contributed by atoms with Crippen molar-refractivity contribution in [2.24, 2.45) is 23.5 Å². The molecule has 4 rings (SSSR count). The summed E-state index contributed by atoms with van der Waals surface area (Å²) in [7, 11) is 1.77. The Balaban J connectivity index is 1.53. The topological polar surface area (TPSA) is 369 Å². The van der Waals surface area contributed by atoms with Crippen LogP contribution < -0.4 is 11.1 Å². The highest BCUT2D eigenvalue weighted by Crippen LogP contribution is 2.38. The molecular weight excluding hydrogens is 1040 g/mol. The first-order chi connectivity index (χ1) is 37.9. The highest BCUT2D eigenvalue weighted by Gasteiger charge is 2.51. The minimum absolute atomic E-state index is 0.0974. The number of carboxylic acid groups (broad SMARTS) is 1. The third kappa shape index (κ3) is 23.2. The molecule has 0 spiro atoms. The van der Waals surface area contributed by atoms with Gasteiger partial charge in [0.05, 0.1) is 85.7 Å². The van der Waals surface area contributed by atoms with E-state index in [9.17, 15) is 75.7 Å². The van der Waals surface area contributed by atoms with E-state index in [0.717, 1.165) is 5.69 Å². The summed E-state index contributed by atoms with van der Waals surface area (Å²) in [5.74, 6) is -7.02. The first-order valence-electron chi connectivity index (χ1n) is 27.6. The van der Waals surface area contributed by atoms with Gasteiger partial charge in [-0.25, -0.2) is 0 Å². The molecule has 448 valence electrons. The van der Waals surface area contributed by atoms with E-state index in [4.69, 9.17) is 24.7 Å². The number of carboxylic acids is 1. The Morgan fingerprint density at radius 2 is 1.23 bits per heavy atom. The molecule has 2 saturated heterocycles. The number of hydrogen-bond acceptors (Lipinski definition) is 20. The van der Waals surface area contributed by atoms with Crippen molar-refractivity contribution >= 4 is 23.4 Å². The fourth-order valence-electron chi connectivity index (χ4n) is 10.2. The SMILES string of the molecule is CNc1ccc(C(=O)CC(O)CCC(C)C2OC(=O)CC(O)CC(O)CC(O)CC(O)CC(O)CC(O)CC3(O)CC(O)C(C(=O)O)C(CC(O[C@@H]4O[C@H](C)[C@@H](O)[C@H](N)[C@@H]4O)/C=C/C=C/C=C/C=C/C=C/C=C/C=C/C2C)O3)cc1. The summed E-state index contributed by atoms with van der Waals surface area (Å²) in [4.78, 5) is 38.8. The molecule has 0 aliphatic carbocycles. The van der Waals surface area contributed by atoms with Crippen LogP contribution in [0.1, 0.15) is 108 Å². The summed E-state index contributed by atoms with van der Waals surface area (Å²) in [6.07, 6.45) is 1.59. The monoisotopic (exact) mass is 1130 g/mol. The van der Waals surface area contributed by atoms with Crippen LogP contribution >= 0.6 is 0 Å². The van der Waals surface area contributed by atoms with Crippen molar-refractivity contribution in [1.82, 2.24) is 0 Å². The van der Waals surface area contributed by atoms with Crippen LogP contribution in [0.15, 0.2) is 109 Å². The maximum atomic E-state index is 13.4. The number of ether oxygens (including phenoxy) is 4. The molecular formula is C59H88N2O19. The zero-order chi connectivity index (χ0) is 59.1. The second kappa shape index (κ2) is 34.0. The number of allylic oxidation sites excluding steroid dienone is 12. The van der Waals surface area contributed by atoms with Crippen molar-refractivity contribution < 1.29 is 94.6 Å². The molecule has 21 heteroatoms. The van der Waals surface area contributed by atoms with Gasteiger partial charge in [-0.1, -0.05) is 98.9 Å². The number of rotatable bonds is 11. The number of hydrogen-bond donors (Lipinski definition) is 14. The van der Waals surface area contributed by atoms with Crippen molar-refractivity contribution in [1.29, 1.82) is 0 Å². The standard InChI is InChI=1S/C59H88N2O19/c1-35-17-15-13-11-9-7-5-6-8-10-12-14-16-18-47(78-58-55(73)53(60)54(72)37(3)77-58)32-50-52(57(74)75)49(70)34-59(76,80-50)33-46(68)29-44(66)27-42(64)25-41(63)26-43(65)28-45(67)31-51(71)79-56(35)36(2)19-24-40(62)30-48(69)38-20-22-39(61-4)23-21-38/h5-18,20-23,35-37,40-47,49-50,52-56,58,61-68,70,72-73,76H,19,24-34,60H2,1-4H3,(H,74,75)/b6-5+,9-7+,10-8+,13-11+,14-12+,17-15+,18-16+/t35?,36?,37-,40?,41?,42?,43?,44?,45?,46?,47?,49?,50?,52?,53+,54-,55+,56?,58+,59?/m1/s1. The molecule has 3 heterocycles. The van der Waals surface area contributed by atoms with Crippen molar-refractivity contribution in [2.45, 2.75) is 201 Å². The lowest BCUT2D eigenvalue weighted by atomic mass is 9.82. The van der Waals surface area contributed by atoms with Gasteiger partial charge in [-0.3, -0.25) is 14.4 Å². The lowest BCUT2D eigenvalue weighted by molar-refractivity contribution is -0.308. The van der Waals surface area contributed by atoms with Crippen LogP contribution in [0, 0.1) is 17.8 Å². The molecule has 21 nitrogen and oxygen atoms in total. The molecule has 2 fully saturated rings. The van der Waals surface area contributed by atoms with Gasteiger partial charge < -0.3 is 91.3 Å². The summed E-state index contributed by atoms with van der Waals surface area (Å²) in [6, 6.07) is 5.76. The number of Topliss-reactive ketones (excluding diaryl/α,β-unsaturated/α-hetero) is 1. The molecule has 20 atom stereocenters. The molecule has 80 heavy (non-hydrogen) atoms. The number of aliphatic carboxylic acids is 1. The van der Waals surface area contributed by atoms with Gasteiger partial charge in [0.15, 0.2) is 17.9 Å². The molecule has 0 radical (unpaired) electrons. The van der Waals surface area contributed by atoms with Crippen LogP contribution in [0.3, 0.4) is 0 Å². The Bertz CT molecular complexity index is 2250. The number of esters is 1. The van der Waals surface area contributed by atoms with E-state index in [1.165, 1.54) is 13.0 Å². The van der Waals surface area contributed by atoms with E-state index in [1.54, 1.807) is 104 Å². The van der Waals surface area contributed by atoms with Crippen molar-refractivity contribution in [3.05, 3.63) is 115 Å². The molecule has 15 N–H and O–H groups in total. The van der Waals surface area contributed by atoms with Gasteiger partial charge in [-0.15, -0.1) is 0 Å². The third-order valence-corrected chi connectivity index (χ3v) is 14.5. The maximum Gasteiger partial charge on any atom is 0.311 e. The first-order valence-corrected chi connectivity index (χ1v) is 27.6. The highest BCUT2D eigenvalue weighted by atomic mass is 16.7. The second-order valence-electron chi connectivity index (χ2n) is 21.6. The summed E-state index contributed by atoms with van der Waals surface area (Å²) < 4.78 is 23.7. The molecule has 0 aromatic heterocycles. The van der Waals surface area contributed by atoms with Gasteiger partial charge in [0.1, 0.15) is 18.1 Å². The van der Waals surface area contributed by atoms with Crippen LogP contribution in [0.5, 0.6) is 0 Å². The molecule has 15 unspecified atom stereocenters. The van der Waals surface area contributed by atoms with Gasteiger partial charge in [0.25, 0.3) is 0 Å². The Morgan fingerprint density at radius 1 is 0.713 bits per heavy atom. The number of nitrogens with two attached hydrogens (primary N) is 1. The Kier molecular flexibility index (Phi) is 28.8. The number of nitrogens with one attached hydrogen (secondary N) is 1. The first kappa shape index (κ1) is 67.7. The molecule has 0 amide bonds. The minimum Gasteiger partial charge on any atom is -0.481 e. The lowest BCUT2D eigenvalue weighted by Gasteiger charge is -2.45. The second-order valence-corrected chi connectivity index (χ2v) is 21.6. The summed E-state index contributed by atoms with van der Waals surface area (Å²) in [5.41, 5.74) is 7.36. The lowest BCUT2D eigenvalue weighted by Crippen LogP contribution is -2.61. The maximum absolute atomic E-state index is 13.4. The zero-order valence-corrected chi connectivity index (χ0v) is 46.1. The number of cyclic esters (lactones) is 1. The van der Waals surface area contributed by atoms with E-state index in [2.05, 4.69) is 5.32 Å². The number of carbonyl (C=O) groups excluding carboxylic acids is 2.